The van der Waals surface area contributed by atoms with Crippen LogP contribution >= 0.6 is 0 Å². The van der Waals surface area contributed by atoms with Crippen molar-refractivity contribution in [1.82, 2.24) is 10.6 Å². The van der Waals surface area contributed by atoms with Crippen LogP contribution in [-0.4, -0.2) is 43.6 Å². The number of ether oxygens (including phenoxy) is 2. The molecule has 8 heteroatoms. The number of rotatable bonds is 6. The number of carbonyl (C=O) groups excluding carboxylic acids is 4. The highest BCUT2D eigenvalue weighted by molar-refractivity contribution is 5.96. The van der Waals surface area contributed by atoms with Gasteiger partial charge < -0.3 is 14.8 Å². The highest BCUT2D eigenvalue weighted by Crippen LogP contribution is 2.23. The van der Waals surface area contributed by atoms with Gasteiger partial charge in [0.05, 0.1) is 12.7 Å². The number of hydrogen-bond acceptors (Lipinski definition) is 6. The summed E-state index contributed by atoms with van der Waals surface area (Å²) in [4.78, 5) is 46.7. The van der Waals surface area contributed by atoms with Crippen LogP contribution in [0.5, 0.6) is 0 Å². The van der Waals surface area contributed by atoms with Crippen LogP contribution in [0.2, 0.25) is 0 Å². The van der Waals surface area contributed by atoms with E-state index in [4.69, 9.17) is 4.74 Å². The summed E-state index contributed by atoms with van der Waals surface area (Å²) in [6.07, 6.45) is 6.79. The average molecular weight is 402 g/mol. The fraction of sp³-hybridized carbons (Fsp3) is 0.429. The standard InChI is InChI=1S/C21H26N2O6/c1-14-5-3-4-6-17(14)22-21(27)23-18(24)13-29-19(25)12-9-15-7-10-16(11-8-15)20(26)28-2/h7-12,14,17H,3-6,13H2,1-2H3,(H2,22,23,24,27)/b12-9+/t14-,17+/m0/s1. The van der Waals surface area contributed by atoms with Gasteiger partial charge in [-0.05, 0) is 42.5 Å². The number of benzene rings is 1. The highest BCUT2D eigenvalue weighted by atomic mass is 16.5. The molecule has 0 aromatic heterocycles. The Morgan fingerprint density at radius 3 is 2.45 bits per heavy atom. The SMILES string of the molecule is COC(=O)c1ccc(/C=C/C(=O)OCC(=O)NC(=O)N[C@@H]2CCCC[C@@H]2C)cc1. The minimum Gasteiger partial charge on any atom is -0.465 e. The Labute approximate surface area is 169 Å². The van der Waals surface area contributed by atoms with Crippen molar-refractivity contribution in [2.75, 3.05) is 13.7 Å². The Bertz CT molecular complexity index is 772. The molecule has 2 N–H and O–H groups in total. The first-order chi connectivity index (χ1) is 13.9. The normalized spacial score (nSPS) is 18.7. The van der Waals surface area contributed by atoms with E-state index in [-0.39, 0.29) is 6.04 Å². The molecule has 156 valence electrons. The Morgan fingerprint density at radius 1 is 1.10 bits per heavy atom. The summed E-state index contributed by atoms with van der Waals surface area (Å²) >= 11 is 0. The van der Waals surface area contributed by atoms with E-state index in [1.807, 2.05) is 0 Å². The second-order valence-electron chi connectivity index (χ2n) is 6.94. The van der Waals surface area contributed by atoms with Gasteiger partial charge in [0, 0.05) is 12.1 Å². The number of urea groups is 1. The number of carbonyl (C=O) groups is 4. The van der Waals surface area contributed by atoms with Gasteiger partial charge in [-0.25, -0.2) is 14.4 Å². The highest BCUT2D eigenvalue weighted by Gasteiger charge is 2.23. The lowest BCUT2D eigenvalue weighted by atomic mass is 9.86. The lowest BCUT2D eigenvalue weighted by Gasteiger charge is -2.29. The molecule has 0 heterocycles. The fourth-order valence-electron chi connectivity index (χ4n) is 3.10. The number of amides is 3. The Morgan fingerprint density at radius 2 is 1.79 bits per heavy atom. The van der Waals surface area contributed by atoms with Crippen LogP contribution in [-0.2, 0) is 19.1 Å². The quantitative estimate of drug-likeness (QED) is 0.558. The fourth-order valence-corrected chi connectivity index (χ4v) is 3.10. The summed E-state index contributed by atoms with van der Waals surface area (Å²) in [7, 11) is 1.29. The van der Waals surface area contributed by atoms with Crippen molar-refractivity contribution in [3.05, 3.63) is 41.5 Å². The lowest BCUT2D eigenvalue weighted by Crippen LogP contribution is -2.48. The first-order valence-corrected chi connectivity index (χ1v) is 9.52. The van der Waals surface area contributed by atoms with Gasteiger partial charge in [0.2, 0.25) is 0 Å². The maximum atomic E-state index is 11.9. The number of imide groups is 1. The maximum absolute atomic E-state index is 11.9. The summed E-state index contributed by atoms with van der Waals surface area (Å²) in [6.45, 7) is 1.52. The summed E-state index contributed by atoms with van der Waals surface area (Å²) < 4.78 is 9.43. The molecule has 1 aliphatic carbocycles. The van der Waals surface area contributed by atoms with E-state index in [9.17, 15) is 19.2 Å². The van der Waals surface area contributed by atoms with Crippen LogP contribution < -0.4 is 10.6 Å². The van der Waals surface area contributed by atoms with Gasteiger partial charge in [0.25, 0.3) is 5.91 Å². The predicted molar refractivity (Wildman–Crippen MR) is 106 cm³/mol. The van der Waals surface area contributed by atoms with E-state index in [2.05, 4.69) is 22.3 Å². The second kappa shape index (κ2) is 11.0. The van der Waals surface area contributed by atoms with Gasteiger partial charge in [0.15, 0.2) is 6.61 Å². The van der Waals surface area contributed by atoms with Gasteiger partial charge in [0.1, 0.15) is 0 Å². The molecule has 1 aromatic rings. The molecule has 0 spiro atoms. The lowest BCUT2D eigenvalue weighted by molar-refractivity contribution is -0.143. The van der Waals surface area contributed by atoms with Gasteiger partial charge in [-0.2, -0.15) is 0 Å². The summed E-state index contributed by atoms with van der Waals surface area (Å²) in [5.41, 5.74) is 1.06. The predicted octanol–water partition coefficient (Wildman–Crippen LogP) is 2.43. The van der Waals surface area contributed by atoms with E-state index in [0.717, 1.165) is 31.8 Å². The molecule has 0 saturated heterocycles. The zero-order valence-corrected chi connectivity index (χ0v) is 16.6. The van der Waals surface area contributed by atoms with Crippen molar-refractivity contribution in [2.45, 2.75) is 38.6 Å². The van der Waals surface area contributed by atoms with E-state index >= 15 is 0 Å². The molecule has 1 fully saturated rings. The Hall–Kier alpha value is -3.16. The third-order valence-corrected chi connectivity index (χ3v) is 4.77. The van der Waals surface area contributed by atoms with E-state index < -0.39 is 30.5 Å². The Kier molecular flexibility index (Phi) is 8.39. The van der Waals surface area contributed by atoms with Gasteiger partial charge >= 0.3 is 18.0 Å². The smallest absolute Gasteiger partial charge is 0.337 e. The van der Waals surface area contributed by atoms with Crippen LogP contribution in [0, 0.1) is 5.92 Å². The second-order valence-corrected chi connectivity index (χ2v) is 6.94. The Balaban J connectivity index is 1.72. The van der Waals surface area contributed by atoms with Crippen molar-refractivity contribution in [1.29, 1.82) is 0 Å². The minimum absolute atomic E-state index is 0.0487. The molecular weight excluding hydrogens is 376 g/mol. The molecule has 29 heavy (non-hydrogen) atoms. The monoisotopic (exact) mass is 402 g/mol. The molecule has 0 aliphatic heterocycles. The summed E-state index contributed by atoms with van der Waals surface area (Å²) in [6, 6.07) is 5.88. The zero-order chi connectivity index (χ0) is 21.2. The van der Waals surface area contributed by atoms with Gasteiger partial charge in [-0.1, -0.05) is 31.9 Å². The minimum atomic E-state index is -0.724. The first kappa shape index (κ1) is 22.1. The van der Waals surface area contributed by atoms with Crippen molar-refractivity contribution in [3.8, 4) is 0 Å². The molecule has 1 saturated carbocycles. The van der Waals surface area contributed by atoms with E-state index in [1.54, 1.807) is 24.3 Å². The number of esters is 2. The zero-order valence-electron chi connectivity index (χ0n) is 16.6. The first-order valence-electron chi connectivity index (χ1n) is 9.52. The van der Waals surface area contributed by atoms with Crippen molar-refractivity contribution in [2.24, 2.45) is 5.92 Å². The number of hydrogen-bond donors (Lipinski definition) is 2. The van der Waals surface area contributed by atoms with Gasteiger partial charge in [-0.15, -0.1) is 0 Å². The van der Waals surface area contributed by atoms with Crippen LogP contribution in [0.1, 0.15) is 48.5 Å². The third-order valence-electron chi connectivity index (χ3n) is 4.77. The third kappa shape index (κ3) is 7.40. The molecule has 8 nitrogen and oxygen atoms in total. The van der Waals surface area contributed by atoms with E-state index in [1.165, 1.54) is 13.2 Å². The van der Waals surface area contributed by atoms with Crippen molar-refractivity contribution < 1.29 is 28.7 Å². The largest absolute Gasteiger partial charge is 0.465 e. The van der Waals surface area contributed by atoms with E-state index in [0.29, 0.717) is 17.0 Å². The molecule has 0 radical (unpaired) electrons. The summed E-state index contributed by atoms with van der Waals surface area (Å²) in [5, 5.41) is 4.96. The molecule has 1 aliphatic rings. The molecule has 0 bridgehead atoms. The van der Waals surface area contributed by atoms with Crippen LogP contribution in [0.25, 0.3) is 6.08 Å². The van der Waals surface area contributed by atoms with Crippen molar-refractivity contribution >= 4 is 30.0 Å². The molecular formula is C21H26N2O6. The van der Waals surface area contributed by atoms with Crippen LogP contribution in [0.4, 0.5) is 4.79 Å². The van der Waals surface area contributed by atoms with Crippen LogP contribution in [0.15, 0.2) is 30.3 Å². The molecule has 2 rings (SSSR count). The number of nitrogens with one attached hydrogen (secondary N) is 2. The van der Waals surface area contributed by atoms with Gasteiger partial charge in [-0.3, -0.25) is 10.1 Å². The number of methoxy groups -OCH3 is 1. The topological polar surface area (TPSA) is 111 Å². The van der Waals surface area contributed by atoms with Crippen molar-refractivity contribution in [3.63, 3.8) is 0 Å². The molecule has 2 atom stereocenters. The van der Waals surface area contributed by atoms with Crippen LogP contribution in [0.3, 0.4) is 0 Å². The maximum Gasteiger partial charge on any atom is 0.337 e. The molecule has 1 aromatic carbocycles. The summed E-state index contributed by atoms with van der Waals surface area (Å²) in [5.74, 6) is -1.50. The average Bonchev–Trinajstić information content (AvgIpc) is 2.72. The molecule has 3 amide bonds. The molecule has 0 unspecified atom stereocenters.